The molecule has 0 aliphatic carbocycles. The van der Waals surface area contributed by atoms with Crippen LogP contribution in [0.15, 0.2) is 0 Å². The molecule has 0 aromatic carbocycles. The molecule has 0 saturated carbocycles. The van der Waals surface area contributed by atoms with Gasteiger partial charge in [-0.25, -0.2) is 13.9 Å². The van der Waals surface area contributed by atoms with Gasteiger partial charge < -0.3 is 5.11 Å². The molecule has 0 saturated heterocycles. The van der Waals surface area contributed by atoms with Crippen molar-refractivity contribution in [2.24, 2.45) is 0 Å². The quantitative estimate of drug-likeness (QED) is 0.150. The molecule has 0 amide bonds. The van der Waals surface area contributed by atoms with E-state index in [1.165, 1.54) is 4.74 Å². The van der Waals surface area contributed by atoms with E-state index in [9.17, 15) is 119 Å². The van der Waals surface area contributed by atoms with Gasteiger partial charge in [0.1, 0.15) is 0 Å². The van der Waals surface area contributed by atoms with Crippen molar-refractivity contribution >= 4 is 17.6 Å². The van der Waals surface area contributed by atoms with Crippen LogP contribution < -0.4 is 0 Å². The summed E-state index contributed by atoms with van der Waals surface area (Å²) in [5.41, 5.74) is 0. The summed E-state index contributed by atoms with van der Waals surface area (Å²) in [5.74, 6) is -30.6. The van der Waals surface area contributed by atoms with Gasteiger partial charge in [0.15, 0.2) is 0 Å². The Kier molecular flexibility index (Phi) is 11.1. The van der Waals surface area contributed by atoms with Gasteiger partial charge in [-0.05, 0) is 0 Å². The molecule has 0 aliphatic rings. The number of rotatable bonds is 13. The smallest absolute Gasteiger partial charge is 0.459 e. The lowest BCUT2D eigenvalue weighted by molar-refractivity contribution is -0.588. The number of alkyl halides is 27. The highest BCUT2D eigenvalue weighted by molar-refractivity contribution is 6.24. The lowest BCUT2D eigenvalue weighted by atomic mass is 10.2. The fourth-order valence-electron chi connectivity index (χ4n) is 2.01. The first-order valence-electron chi connectivity index (χ1n) is 9.41. The number of ether oxygens (including phenoxy) is 4. The van der Waals surface area contributed by atoms with E-state index in [2.05, 4.69) is 11.6 Å². The van der Waals surface area contributed by atoms with Crippen molar-refractivity contribution < 1.29 is 143 Å². The van der Waals surface area contributed by atoms with Gasteiger partial charge >= 0.3 is 83.9 Å². The Labute approximate surface area is 240 Å². The summed E-state index contributed by atoms with van der Waals surface area (Å²) in [5, 5.41) is 0.523. The molecule has 282 valence electrons. The van der Waals surface area contributed by atoms with Crippen LogP contribution >= 0.6 is 11.6 Å². The molecule has 4 atom stereocenters. The molecule has 0 spiro atoms. The van der Waals surface area contributed by atoms with Crippen molar-refractivity contribution in [2.45, 2.75) is 77.9 Å². The van der Waals surface area contributed by atoms with Crippen LogP contribution in [0.2, 0.25) is 0 Å². The Hall–Kier alpha value is -2.22. The number of halogens is 27. The van der Waals surface area contributed by atoms with Gasteiger partial charge in [-0.15, -0.1) is 0 Å². The molecule has 0 aromatic heterocycles. The first-order valence-corrected chi connectivity index (χ1v) is 9.79. The second-order valence-corrected chi connectivity index (χ2v) is 8.17. The van der Waals surface area contributed by atoms with E-state index in [-0.39, 0.29) is 0 Å². The van der Waals surface area contributed by atoms with Gasteiger partial charge in [0.05, 0.1) is 0 Å². The van der Waals surface area contributed by atoms with Gasteiger partial charge in [0.2, 0.25) is 0 Å². The van der Waals surface area contributed by atoms with Crippen LogP contribution in [0.3, 0.4) is 0 Å². The van der Waals surface area contributed by atoms with Crippen molar-refractivity contribution in [3.63, 3.8) is 0 Å². The second-order valence-electron chi connectivity index (χ2n) is 7.65. The lowest BCUT2D eigenvalue weighted by Gasteiger charge is -2.43. The zero-order valence-electron chi connectivity index (χ0n) is 19.7. The van der Waals surface area contributed by atoms with Crippen molar-refractivity contribution in [1.82, 2.24) is 0 Å². The third kappa shape index (κ3) is 7.68. The van der Waals surface area contributed by atoms with Crippen LogP contribution in [-0.2, 0) is 23.7 Å². The average Bonchev–Trinajstić information content (AvgIpc) is 2.73. The SMILES string of the molecule is O=C(O)C(F)(F)OC(F)(C(F)(F)F)C(F)(F)OC(F)(C(F)(F)F)C(F)(F)OC(F)(C(F)(F)F)C(F)(F)OC(F)(F)C(F)(Cl)C(F)(F)F. The summed E-state index contributed by atoms with van der Waals surface area (Å²) in [6, 6.07) is 0. The summed E-state index contributed by atoms with van der Waals surface area (Å²) in [4.78, 5) is 10.0. The van der Waals surface area contributed by atoms with Gasteiger partial charge in [-0.1, -0.05) is 11.6 Å². The van der Waals surface area contributed by atoms with E-state index in [0.29, 0.717) is 0 Å². The summed E-state index contributed by atoms with van der Waals surface area (Å²) in [6.07, 6.45) is -74.5. The third-order valence-electron chi connectivity index (χ3n) is 4.25. The van der Waals surface area contributed by atoms with Gasteiger partial charge in [-0.3, -0.25) is 14.2 Å². The lowest BCUT2D eigenvalue weighted by Crippen LogP contribution is -2.71. The van der Waals surface area contributed by atoms with Gasteiger partial charge in [0.25, 0.3) is 0 Å². The van der Waals surface area contributed by atoms with E-state index >= 15 is 0 Å². The maximum Gasteiger partial charge on any atom is 0.459 e. The highest BCUT2D eigenvalue weighted by Crippen LogP contribution is 2.60. The predicted octanol–water partition coefficient (Wildman–Crippen LogP) is 8.25. The van der Waals surface area contributed by atoms with E-state index in [0.717, 1.165) is 14.2 Å². The molecule has 4 unspecified atom stereocenters. The number of carboxylic acid groups (broad SMARTS) is 1. The molecule has 0 aromatic rings. The Balaban J connectivity index is 7.50. The monoisotopic (exact) mass is 794 g/mol. The van der Waals surface area contributed by atoms with Crippen LogP contribution in [0.1, 0.15) is 0 Å². The molecule has 0 radical (unpaired) electrons. The molecule has 47 heavy (non-hydrogen) atoms. The standard InChI is InChI=1S/C14HClF26O6/c15-3(18,7(22,23)24)11(34,35)47-14(40,41)6(21,10(31,32)33)46-13(38,39)5(20,9(28,29)30)45-12(36,37)4(19,8(25,26)27)44-2(16,17)1(42)43/h(H,42,43). The van der Waals surface area contributed by atoms with E-state index < -0.39 is 83.9 Å². The Morgan fingerprint density at radius 3 is 0.830 bits per heavy atom. The highest BCUT2D eigenvalue weighted by Gasteiger charge is 2.89. The van der Waals surface area contributed by atoms with Crippen LogP contribution in [0.5, 0.6) is 0 Å². The van der Waals surface area contributed by atoms with Crippen LogP contribution in [0, 0.1) is 0 Å². The minimum atomic E-state index is -9.04. The number of carbonyl (C=O) groups is 1. The number of carboxylic acids is 1. The van der Waals surface area contributed by atoms with Crippen molar-refractivity contribution in [3.05, 3.63) is 0 Å². The summed E-state index contributed by atoms with van der Waals surface area (Å²) in [7, 11) is 0. The highest BCUT2D eigenvalue weighted by atomic mass is 35.5. The maximum absolute atomic E-state index is 14.3. The molecule has 0 heterocycles. The van der Waals surface area contributed by atoms with Crippen molar-refractivity contribution in [2.75, 3.05) is 0 Å². The third-order valence-corrected chi connectivity index (χ3v) is 4.68. The minimum absolute atomic E-state index is 0.954. The Morgan fingerprint density at radius 1 is 0.383 bits per heavy atom. The first kappa shape index (κ1) is 44.8. The molecule has 0 aliphatic heterocycles. The zero-order valence-corrected chi connectivity index (χ0v) is 20.4. The summed E-state index contributed by atoms with van der Waals surface area (Å²) >= 11 is 3.42. The van der Waals surface area contributed by atoms with Crippen LogP contribution in [0.25, 0.3) is 0 Å². The molecule has 0 bridgehead atoms. The van der Waals surface area contributed by atoms with E-state index in [1.807, 2.05) is 0 Å². The summed E-state index contributed by atoms with van der Waals surface area (Å²) in [6.45, 7) is 0. The minimum Gasteiger partial charge on any atom is -0.475 e. The molecular formula is C14HClF26O6. The van der Waals surface area contributed by atoms with Crippen molar-refractivity contribution in [3.8, 4) is 0 Å². The summed E-state index contributed by atoms with van der Waals surface area (Å²) < 4.78 is 348. The maximum atomic E-state index is 14.3. The number of aliphatic carboxylic acids is 1. The first-order chi connectivity index (χ1) is 19.8. The van der Waals surface area contributed by atoms with Crippen LogP contribution in [-0.4, -0.2) is 89.0 Å². The normalized spacial score (nSPS) is 20.6. The van der Waals surface area contributed by atoms with Crippen molar-refractivity contribution in [1.29, 1.82) is 0 Å². The van der Waals surface area contributed by atoms with Crippen LogP contribution in [0.4, 0.5) is 114 Å². The van der Waals surface area contributed by atoms with Gasteiger partial charge in [-0.2, -0.15) is 110 Å². The predicted molar refractivity (Wildman–Crippen MR) is 82.1 cm³/mol. The zero-order chi connectivity index (χ0) is 38.9. The fourth-order valence-corrected chi connectivity index (χ4v) is 2.05. The molecule has 6 nitrogen and oxygen atoms in total. The Morgan fingerprint density at radius 2 is 0.617 bits per heavy atom. The van der Waals surface area contributed by atoms with Gasteiger partial charge in [0, 0.05) is 0 Å². The molecule has 0 fully saturated rings. The van der Waals surface area contributed by atoms with E-state index in [1.54, 1.807) is 0 Å². The largest absolute Gasteiger partial charge is 0.475 e. The second kappa shape index (κ2) is 11.7. The number of hydrogen-bond acceptors (Lipinski definition) is 5. The fraction of sp³-hybridized carbons (Fsp3) is 0.929. The topological polar surface area (TPSA) is 74.2 Å². The Bertz CT molecular complexity index is 1140. The molecule has 33 heteroatoms. The van der Waals surface area contributed by atoms with E-state index in [4.69, 9.17) is 5.11 Å². The average molecular weight is 795 g/mol. The number of hydrogen-bond donors (Lipinski definition) is 1. The molecular weight excluding hydrogens is 794 g/mol. The molecule has 1 N–H and O–H groups in total. The molecule has 0 rings (SSSR count).